The molecule has 2 rings (SSSR count). The zero-order valence-electron chi connectivity index (χ0n) is 14.1. The first kappa shape index (κ1) is 17.5. The van der Waals surface area contributed by atoms with Crippen LogP contribution in [0.2, 0.25) is 0 Å². The van der Waals surface area contributed by atoms with E-state index < -0.39 is 6.04 Å². The van der Waals surface area contributed by atoms with Gasteiger partial charge in [-0.3, -0.25) is 14.3 Å². The second kappa shape index (κ2) is 8.10. The number of aromatic nitrogens is 2. The van der Waals surface area contributed by atoms with Crippen LogP contribution in [0.3, 0.4) is 0 Å². The Labute approximate surface area is 137 Å². The lowest BCUT2D eigenvalue weighted by Gasteiger charge is -2.29. The maximum Gasteiger partial charge on any atom is 0.249 e. The second-order valence-corrected chi connectivity index (χ2v) is 6.32. The third-order valence-corrected chi connectivity index (χ3v) is 3.97. The Bertz CT molecular complexity index is 541. The van der Waals surface area contributed by atoms with Crippen molar-refractivity contribution in [1.29, 1.82) is 0 Å². The Morgan fingerprint density at radius 3 is 2.96 bits per heavy atom. The molecule has 1 aromatic heterocycles. The summed E-state index contributed by atoms with van der Waals surface area (Å²) in [6.07, 6.45) is 3.13. The number of carbonyl (C=O) groups excluding carboxylic acids is 2. The summed E-state index contributed by atoms with van der Waals surface area (Å²) in [5, 5.41) is 6.95. The molecule has 0 saturated carbocycles. The first-order valence-corrected chi connectivity index (χ1v) is 8.11. The topological polar surface area (TPSA) is 76.5 Å². The molecule has 0 radical (unpaired) electrons. The van der Waals surface area contributed by atoms with Crippen molar-refractivity contribution in [2.45, 2.75) is 39.3 Å². The minimum absolute atomic E-state index is 0.0208. The predicted octanol–water partition coefficient (Wildman–Crippen LogP) is 0.700. The summed E-state index contributed by atoms with van der Waals surface area (Å²) >= 11 is 0. The molecule has 0 bridgehead atoms. The Kier molecular flexibility index (Phi) is 6.15. The smallest absolute Gasteiger partial charge is 0.249 e. The number of rotatable bonds is 6. The molecular formula is C16H26N4O3. The summed E-state index contributed by atoms with van der Waals surface area (Å²) < 4.78 is 7.23. The van der Waals surface area contributed by atoms with E-state index >= 15 is 0 Å². The average Bonchev–Trinajstić information content (AvgIpc) is 2.81. The zero-order valence-corrected chi connectivity index (χ0v) is 14.1. The predicted molar refractivity (Wildman–Crippen MR) is 85.4 cm³/mol. The van der Waals surface area contributed by atoms with E-state index in [1.807, 2.05) is 13.1 Å². The number of nitrogens with zero attached hydrogens (tertiary/aromatic N) is 3. The van der Waals surface area contributed by atoms with Crippen molar-refractivity contribution in [3.63, 3.8) is 0 Å². The van der Waals surface area contributed by atoms with Gasteiger partial charge < -0.3 is 15.0 Å². The standard InChI is InChI=1S/C16H26N4O3/c1-12(2)9-14-16(22)17-6-4-8-20(14)15(21)11-23-10-13-5-7-18-19(13)3/h5,7,12,14H,4,6,8-11H2,1-3H3,(H,17,22)/t14-/m0/s1. The van der Waals surface area contributed by atoms with Gasteiger partial charge in [-0.25, -0.2) is 0 Å². The van der Waals surface area contributed by atoms with Crippen molar-refractivity contribution in [2.24, 2.45) is 13.0 Å². The summed E-state index contributed by atoms with van der Waals surface area (Å²) in [5.74, 6) is 0.153. The van der Waals surface area contributed by atoms with Crippen LogP contribution >= 0.6 is 0 Å². The molecule has 2 amide bonds. The highest BCUT2D eigenvalue weighted by molar-refractivity contribution is 5.88. The molecule has 1 aliphatic heterocycles. The van der Waals surface area contributed by atoms with Gasteiger partial charge in [-0.05, 0) is 24.8 Å². The van der Waals surface area contributed by atoms with E-state index in [1.165, 1.54) is 0 Å². The first-order chi connectivity index (χ1) is 11.0. The van der Waals surface area contributed by atoms with Crippen LogP contribution in [0.5, 0.6) is 0 Å². The van der Waals surface area contributed by atoms with Crippen LogP contribution in [0, 0.1) is 5.92 Å². The number of ether oxygens (including phenoxy) is 1. The van der Waals surface area contributed by atoms with E-state index in [2.05, 4.69) is 24.3 Å². The Morgan fingerprint density at radius 1 is 1.52 bits per heavy atom. The van der Waals surface area contributed by atoms with E-state index in [9.17, 15) is 9.59 Å². The molecule has 128 valence electrons. The third-order valence-electron chi connectivity index (χ3n) is 3.97. The SMILES string of the molecule is CC(C)C[C@H]1C(=O)NCCCN1C(=O)COCc1ccnn1C. The van der Waals surface area contributed by atoms with Crippen LogP contribution in [0.4, 0.5) is 0 Å². The minimum Gasteiger partial charge on any atom is -0.365 e. The molecule has 0 spiro atoms. The van der Waals surface area contributed by atoms with Crippen molar-refractivity contribution in [3.05, 3.63) is 18.0 Å². The number of carbonyl (C=O) groups is 2. The molecule has 7 heteroatoms. The highest BCUT2D eigenvalue weighted by Crippen LogP contribution is 2.15. The zero-order chi connectivity index (χ0) is 16.8. The van der Waals surface area contributed by atoms with Crippen molar-refractivity contribution in [1.82, 2.24) is 20.0 Å². The quantitative estimate of drug-likeness (QED) is 0.836. The maximum absolute atomic E-state index is 12.5. The lowest BCUT2D eigenvalue weighted by Crippen LogP contribution is -2.49. The molecule has 1 saturated heterocycles. The Hall–Kier alpha value is -1.89. The third kappa shape index (κ3) is 4.79. The monoisotopic (exact) mass is 322 g/mol. The van der Waals surface area contributed by atoms with Gasteiger partial charge in [0.2, 0.25) is 11.8 Å². The van der Waals surface area contributed by atoms with Crippen molar-refractivity contribution >= 4 is 11.8 Å². The van der Waals surface area contributed by atoms with Gasteiger partial charge >= 0.3 is 0 Å². The first-order valence-electron chi connectivity index (χ1n) is 8.11. The van der Waals surface area contributed by atoms with Gasteiger partial charge in [0.05, 0.1) is 12.3 Å². The Morgan fingerprint density at radius 2 is 2.30 bits per heavy atom. The molecule has 0 unspecified atom stereocenters. The maximum atomic E-state index is 12.5. The van der Waals surface area contributed by atoms with Crippen molar-refractivity contribution in [3.8, 4) is 0 Å². The van der Waals surface area contributed by atoms with Crippen molar-refractivity contribution in [2.75, 3.05) is 19.7 Å². The Balaban J connectivity index is 1.94. The molecule has 7 nitrogen and oxygen atoms in total. The van der Waals surface area contributed by atoms with Crippen LogP contribution < -0.4 is 5.32 Å². The summed E-state index contributed by atoms with van der Waals surface area (Å²) in [7, 11) is 1.83. The van der Waals surface area contributed by atoms with E-state index in [-0.39, 0.29) is 18.4 Å². The largest absolute Gasteiger partial charge is 0.365 e. The number of amides is 2. The van der Waals surface area contributed by atoms with Crippen LogP contribution in [0.15, 0.2) is 12.3 Å². The summed E-state index contributed by atoms with van der Waals surface area (Å²) in [6, 6.07) is 1.45. The van der Waals surface area contributed by atoms with Crippen LogP contribution in [-0.2, 0) is 28.0 Å². The molecule has 1 fully saturated rings. The van der Waals surface area contributed by atoms with Crippen LogP contribution in [0.25, 0.3) is 0 Å². The van der Waals surface area contributed by atoms with E-state index in [1.54, 1.807) is 15.8 Å². The highest BCUT2D eigenvalue weighted by Gasteiger charge is 2.31. The average molecular weight is 322 g/mol. The summed E-state index contributed by atoms with van der Waals surface area (Å²) in [6.45, 7) is 5.63. The normalized spacial score (nSPS) is 18.9. The van der Waals surface area contributed by atoms with Gasteiger partial charge in [0.25, 0.3) is 0 Å². The number of aryl methyl sites for hydroxylation is 1. The highest BCUT2D eigenvalue weighted by atomic mass is 16.5. The molecule has 0 aliphatic carbocycles. The van der Waals surface area contributed by atoms with Gasteiger partial charge in [-0.2, -0.15) is 5.10 Å². The summed E-state index contributed by atoms with van der Waals surface area (Å²) in [4.78, 5) is 26.4. The number of nitrogens with one attached hydrogen (secondary N) is 1. The van der Waals surface area contributed by atoms with Gasteiger partial charge in [-0.1, -0.05) is 13.8 Å². The molecule has 1 atom stereocenters. The van der Waals surface area contributed by atoms with E-state index in [0.29, 0.717) is 32.0 Å². The molecule has 1 N–H and O–H groups in total. The van der Waals surface area contributed by atoms with Gasteiger partial charge in [0.15, 0.2) is 0 Å². The molecule has 23 heavy (non-hydrogen) atoms. The lowest BCUT2D eigenvalue weighted by molar-refractivity contribution is -0.144. The molecular weight excluding hydrogens is 296 g/mol. The molecule has 2 heterocycles. The van der Waals surface area contributed by atoms with E-state index in [0.717, 1.165) is 12.1 Å². The van der Waals surface area contributed by atoms with E-state index in [4.69, 9.17) is 4.74 Å². The molecule has 1 aromatic rings. The number of hydrogen-bond donors (Lipinski definition) is 1. The number of hydrogen-bond acceptors (Lipinski definition) is 4. The molecule has 1 aliphatic rings. The minimum atomic E-state index is -0.398. The van der Waals surface area contributed by atoms with Crippen molar-refractivity contribution < 1.29 is 14.3 Å². The molecule has 0 aromatic carbocycles. The van der Waals surface area contributed by atoms with Gasteiger partial charge in [-0.15, -0.1) is 0 Å². The fraction of sp³-hybridized carbons (Fsp3) is 0.688. The van der Waals surface area contributed by atoms with Gasteiger partial charge in [0.1, 0.15) is 12.6 Å². The lowest BCUT2D eigenvalue weighted by atomic mass is 10.0. The fourth-order valence-electron chi connectivity index (χ4n) is 2.72. The van der Waals surface area contributed by atoms with Crippen LogP contribution in [-0.4, -0.2) is 52.2 Å². The van der Waals surface area contributed by atoms with Gasteiger partial charge in [0, 0.05) is 26.3 Å². The second-order valence-electron chi connectivity index (χ2n) is 6.32. The van der Waals surface area contributed by atoms with Crippen LogP contribution in [0.1, 0.15) is 32.4 Å². The summed E-state index contributed by atoms with van der Waals surface area (Å²) in [5.41, 5.74) is 0.908. The fourth-order valence-corrected chi connectivity index (χ4v) is 2.72.